The molecule has 2 nitrogen and oxygen atoms in total. The van der Waals surface area contributed by atoms with Gasteiger partial charge in [0, 0.05) is 13.2 Å². The van der Waals surface area contributed by atoms with Crippen LogP contribution in [0.5, 0.6) is 0 Å². The van der Waals surface area contributed by atoms with Crippen LogP contribution in [0, 0.1) is 0 Å². The Morgan fingerprint density at radius 1 is 1.64 bits per heavy atom. The first kappa shape index (κ1) is 9.44. The second kappa shape index (κ2) is 5.94. The summed E-state index contributed by atoms with van der Waals surface area (Å²) >= 11 is 0. The Hall–Kier alpha value is 0.354. The average Bonchev–Trinajstić information content (AvgIpc) is 2.07. The van der Waals surface area contributed by atoms with Crippen molar-refractivity contribution in [3.63, 3.8) is 0 Å². The van der Waals surface area contributed by atoms with Crippen LogP contribution in [0.3, 0.4) is 0 Å². The standard InChI is InChI=1S/C7H18O2Si2/c1-2-3-6-9-11-7-4-5-8-10-11/h11H,2-7,10H2,1H3. The lowest BCUT2D eigenvalue weighted by Crippen LogP contribution is -2.33. The Bertz CT molecular complexity index is 94.4. The van der Waals surface area contributed by atoms with Gasteiger partial charge in [0.25, 0.3) is 0 Å². The summed E-state index contributed by atoms with van der Waals surface area (Å²) in [5, 5.41) is 0. The van der Waals surface area contributed by atoms with Gasteiger partial charge in [-0.3, -0.25) is 0 Å². The molecule has 0 N–H and O–H groups in total. The molecule has 0 spiro atoms. The molecular weight excluding hydrogens is 172 g/mol. The van der Waals surface area contributed by atoms with Gasteiger partial charge in [-0.05, 0) is 18.9 Å². The van der Waals surface area contributed by atoms with E-state index >= 15 is 0 Å². The van der Waals surface area contributed by atoms with Gasteiger partial charge < -0.3 is 8.85 Å². The van der Waals surface area contributed by atoms with Crippen LogP contribution in [0.2, 0.25) is 6.04 Å². The summed E-state index contributed by atoms with van der Waals surface area (Å²) in [6.45, 7) is 4.23. The van der Waals surface area contributed by atoms with Crippen LogP contribution in [-0.2, 0) is 8.85 Å². The van der Waals surface area contributed by atoms with Crippen LogP contribution in [-0.4, -0.2) is 31.1 Å². The highest BCUT2D eigenvalue weighted by Gasteiger charge is 2.16. The Morgan fingerprint density at radius 2 is 2.55 bits per heavy atom. The van der Waals surface area contributed by atoms with Crippen LogP contribution < -0.4 is 0 Å². The summed E-state index contributed by atoms with van der Waals surface area (Å²) in [4.78, 5) is 0. The maximum atomic E-state index is 5.80. The zero-order valence-corrected chi connectivity index (χ0v) is 9.91. The molecular formula is C7H18O2Si2. The van der Waals surface area contributed by atoms with Gasteiger partial charge in [0.1, 0.15) is 0 Å². The molecule has 1 atom stereocenters. The summed E-state index contributed by atoms with van der Waals surface area (Å²) < 4.78 is 11.3. The largest absolute Gasteiger partial charge is 0.425 e. The zero-order chi connectivity index (χ0) is 7.94. The molecule has 1 aliphatic heterocycles. The molecule has 1 aliphatic rings. The lowest BCUT2D eigenvalue weighted by molar-refractivity contribution is 0.285. The van der Waals surface area contributed by atoms with E-state index in [1.807, 2.05) is 0 Å². The highest BCUT2D eigenvalue weighted by molar-refractivity contribution is 7.06. The number of unbranched alkanes of at least 4 members (excludes halogenated alkanes) is 1. The third-order valence-corrected chi connectivity index (χ3v) is 8.38. The van der Waals surface area contributed by atoms with Crippen LogP contribution in [0.25, 0.3) is 0 Å². The molecule has 66 valence electrons. The van der Waals surface area contributed by atoms with Gasteiger partial charge in [-0.15, -0.1) is 0 Å². The minimum absolute atomic E-state index is 0.189. The SMILES string of the molecule is CCCCO[SiH]1CCCO[SiH2]1. The van der Waals surface area contributed by atoms with Gasteiger partial charge in [0.15, 0.2) is 17.8 Å². The molecule has 0 amide bonds. The Morgan fingerprint density at radius 3 is 3.18 bits per heavy atom. The van der Waals surface area contributed by atoms with E-state index in [1.54, 1.807) is 0 Å². The predicted octanol–water partition coefficient (Wildman–Crippen LogP) is 0.528. The summed E-state index contributed by atoms with van der Waals surface area (Å²) in [5.41, 5.74) is 0. The van der Waals surface area contributed by atoms with Crippen molar-refractivity contribution >= 4 is 17.8 Å². The first-order valence-corrected chi connectivity index (χ1v) is 9.76. The van der Waals surface area contributed by atoms with Crippen molar-refractivity contribution in [1.82, 2.24) is 0 Å². The van der Waals surface area contributed by atoms with Gasteiger partial charge in [-0.1, -0.05) is 13.3 Å². The fourth-order valence-electron chi connectivity index (χ4n) is 1.24. The molecule has 1 unspecified atom stereocenters. The van der Waals surface area contributed by atoms with Crippen molar-refractivity contribution in [3.8, 4) is 0 Å². The van der Waals surface area contributed by atoms with Gasteiger partial charge in [0.05, 0.1) is 0 Å². The number of hydrogen-bond donors (Lipinski definition) is 0. The van der Waals surface area contributed by atoms with E-state index in [0.29, 0.717) is 0 Å². The monoisotopic (exact) mass is 190 g/mol. The van der Waals surface area contributed by atoms with Crippen molar-refractivity contribution in [2.75, 3.05) is 13.2 Å². The first-order chi connectivity index (χ1) is 5.43. The van der Waals surface area contributed by atoms with E-state index in [1.165, 1.54) is 25.3 Å². The maximum Gasteiger partial charge on any atom is 0.189 e. The van der Waals surface area contributed by atoms with Crippen LogP contribution >= 0.6 is 0 Å². The quantitative estimate of drug-likeness (QED) is 0.475. The molecule has 4 heteroatoms. The van der Waals surface area contributed by atoms with E-state index in [4.69, 9.17) is 8.85 Å². The molecule has 1 fully saturated rings. The van der Waals surface area contributed by atoms with Crippen molar-refractivity contribution in [3.05, 3.63) is 0 Å². The second-order valence-corrected chi connectivity index (χ2v) is 9.69. The molecule has 0 aliphatic carbocycles. The van der Waals surface area contributed by atoms with Crippen molar-refractivity contribution in [1.29, 1.82) is 0 Å². The summed E-state index contributed by atoms with van der Waals surface area (Å²) in [6, 6.07) is 1.38. The molecule has 0 radical (unpaired) electrons. The fourth-order valence-corrected chi connectivity index (χ4v) is 6.87. The van der Waals surface area contributed by atoms with E-state index in [0.717, 1.165) is 13.2 Å². The lowest BCUT2D eigenvalue weighted by atomic mass is 10.4. The first-order valence-electron chi connectivity index (χ1n) is 4.63. The maximum absolute atomic E-state index is 5.80. The summed E-state index contributed by atoms with van der Waals surface area (Å²) in [5.74, 6) is 0. The minimum atomic E-state index is -0.741. The van der Waals surface area contributed by atoms with E-state index < -0.39 is 8.56 Å². The number of hydrogen-bond acceptors (Lipinski definition) is 2. The molecule has 0 aromatic heterocycles. The third-order valence-electron chi connectivity index (χ3n) is 1.97. The Labute approximate surface area is 72.7 Å². The zero-order valence-electron chi connectivity index (χ0n) is 7.34. The predicted molar refractivity (Wildman–Crippen MR) is 51.9 cm³/mol. The molecule has 0 bridgehead atoms. The van der Waals surface area contributed by atoms with E-state index in [-0.39, 0.29) is 9.28 Å². The fraction of sp³-hybridized carbons (Fsp3) is 1.00. The Balaban J connectivity index is 1.96. The molecule has 1 saturated heterocycles. The number of rotatable bonds is 4. The van der Waals surface area contributed by atoms with Gasteiger partial charge in [-0.25, -0.2) is 0 Å². The van der Waals surface area contributed by atoms with Gasteiger partial charge >= 0.3 is 0 Å². The summed E-state index contributed by atoms with van der Waals surface area (Å²) in [6.07, 6.45) is 3.75. The summed E-state index contributed by atoms with van der Waals surface area (Å²) in [7, 11) is -0.930. The van der Waals surface area contributed by atoms with Gasteiger partial charge in [-0.2, -0.15) is 0 Å². The van der Waals surface area contributed by atoms with Crippen LogP contribution in [0.15, 0.2) is 0 Å². The smallest absolute Gasteiger partial charge is 0.189 e. The minimum Gasteiger partial charge on any atom is -0.425 e. The molecule has 0 aromatic rings. The lowest BCUT2D eigenvalue weighted by Gasteiger charge is -2.20. The van der Waals surface area contributed by atoms with E-state index in [2.05, 4.69) is 6.92 Å². The third kappa shape index (κ3) is 4.05. The van der Waals surface area contributed by atoms with Crippen LogP contribution in [0.4, 0.5) is 0 Å². The van der Waals surface area contributed by atoms with Crippen LogP contribution in [0.1, 0.15) is 26.2 Å². The van der Waals surface area contributed by atoms with Crippen molar-refractivity contribution in [2.24, 2.45) is 0 Å². The normalized spacial score (nSPS) is 27.5. The molecule has 11 heavy (non-hydrogen) atoms. The molecule has 0 saturated carbocycles. The molecule has 0 aromatic carbocycles. The second-order valence-electron chi connectivity index (χ2n) is 3.06. The van der Waals surface area contributed by atoms with Gasteiger partial charge in [0.2, 0.25) is 0 Å². The van der Waals surface area contributed by atoms with E-state index in [9.17, 15) is 0 Å². The topological polar surface area (TPSA) is 18.5 Å². The van der Waals surface area contributed by atoms with Crippen molar-refractivity contribution < 1.29 is 8.85 Å². The molecule has 1 heterocycles. The Kier molecular flexibility index (Phi) is 5.09. The highest BCUT2D eigenvalue weighted by Crippen LogP contribution is 2.06. The van der Waals surface area contributed by atoms with Crippen molar-refractivity contribution in [2.45, 2.75) is 32.2 Å². The molecule has 1 rings (SSSR count). The highest BCUT2D eigenvalue weighted by atomic mass is 29.2. The average molecular weight is 190 g/mol.